The van der Waals surface area contributed by atoms with Crippen LogP contribution >= 0.6 is 11.3 Å². The average Bonchev–Trinajstić information content (AvgIpc) is 3.21. The molecule has 0 atom stereocenters. The van der Waals surface area contributed by atoms with Gasteiger partial charge in [-0.25, -0.2) is 4.98 Å². The summed E-state index contributed by atoms with van der Waals surface area (Å²) in [5.74, 6) is 0.0457. The number of carbonyl (C=O) groups excluding carboxylic acids is 1. The summed E-state index contributed by atoms with van der Waals surface area (Å²) in [7, 11) is 2.00. The third-order valence-electron chi connectivity index (χ3n) is 5.05. The van der Waals surface area contributed by atoms with E-state index >= 15 is 0 Å². The van der Waals surface area contributed by atoms with Gasteiger partial charge in [-0.05, 0) is 19.3 Å². The highest BCUT2D eigenvalue weighted by atomic mass is 32.1. The van der Waals surface area contributed by atoms with Crippen LogP contribution in [-0.4, -0.2) is 38.7 Å². The zero-order valence-electron chi connectivity index (χ0n) is 15.8. The fraction of sp³-hybridized carbons (Fsp3) is 0.381. The number of aromatic nitrogens is 3. The van der Waals surface area contributed by atoms with Gasteiger partial charge in [-0.2, -0.15) is 5.10 Å². The number of benzene rings is 1. The van der Waals surface area contributed by atoms with Gasteiger partial charge in [-0.15, -0.1) is 11.3 Å². The number of amides is 1. The van der Waals surface area contributed by atoms with Crippen LogP contribution < -0.4 is 0 Å². The summed E-state index contributed by atoms with van der Waals surface area (Å²) < 4.78 is 1.98. The monoisotopic (exact) mass is 380 g/mol. The highest BCUT2D eigenvalue weighted by molar-refractivity contribution is 7.09. The highest BCUT2D eigenvalue weighted by Crippen LogP contribution is 2.28. The SMILES string of the molecule is CCCc1nc(C(=O)N2CCc3nn(C)c(-c4ccccc4)c3CC2)cs1. The lowest BCUT2D eigenvalue weighted by molar-refractivity contribution is 0.0757. The van der Waals surface area contributed by atoms with E-state index in [4.69, 9.17) is 5.10 Å². The van der Waals surface area contributed by atoms with Gasteiger partial charge in [0.2, 0.25) is 0 Å². The number of nitrogens with zero attached hydrogens (tertiary/aromatic N) is 4. The van der Waals surface area contributed by atoms with Gasteiger partial charge in [0, 0.05) is 43.1 Å². The normalized spacial score (nSPS) is 14.1. The van der Waals surface area contributed by atoms with Crippen molar-refractivity contribution in [3.63, 3.8) is 0 Å². The second kappa shape index (κ2) is 7.64. The molecule has 1 aliphatic heterocycles. The molecule has 0 aliphatic carbocycles. The molecule has 4 rings (SSSR count). The Morgan fingerprint density at radius 3 is 2.74 bits per heavy atom. The first-order chi connectivity index (χ1) is 13.2. The van der Waals surface area contributed by atoms with E-state index in [2.05, 4.69) is 36.2 Å². The number of hydrogen-bond donors (Lipinski definition) is 0. The van der Waals surface area contributed by atoms with E-state index in [-0.39, 0.29) is 5.91 Å². The molecule has 1 amide bonds. The molecule has 27 heavy (non-hydrogen) atoms. The molecule has 1 aromatic carbocycles. The Labute approximate surface area is 163 Å². The molecular formula is C21H24N4OS. The minimum Gasteiger partial charge on any atom is -0.337 e. The molecule has 1 aliphatic rings. The van der Waals surface area contributed by atoms with Gasteiger partial charge in [0.1, 0.15) is 5.69 Å². The average molecular weight is 381 g/mol. The van der Waals surface area contributed by atoms with E-state index in [1.165, 1.54) is 16.8 Å². The van der Waals surface area contributed by atoms with Crippen LogP contribution in [0.4, 0.5) is 0 Å². The van der Waals surface area contributed by atoms with Crippen molar-refractivity contribution in [2.24, 2.45) is 7.05 Å². The summed E-state index contributed by atoms with van der Waals surface area (Å²) >= 11 is 1.59. The molecule has 0 fully saturated rings. The van der Waals surface area contributed by atoms with Crippen molar-refractivity contribution in [3.8, 4) is 11.3 Å². The van der Waals surface area contributed by atoms with Crippen LogP contribution in [0.1, 0.15) is 40.1 Å². The summed E-state index contributed by atoms with van der Waals surface area (Å²) in [6.07, 6.45) is 3.60. The molecule has 0 saturated heterocycles. The molecule has 0 spiro atoms. The van der Waals surface area contributed by atoms with Crippen molar-refractivity contribution in [3.05, 3.63) is 57.7 Å². The summed E-state index contributed by atoms with van der Waals surface area (Å²) in [4.78, 5) is 19.4. The maximum Gasteiger partial charge on any atom is 0.273 e. The maximum absolute atomic E-state index is 12.9. The van der Waals surface area contributed by atoms with Gasteiger partial charge in [0.25, 0.3) is 5.91 Å². The van der Waals surface area contributed by atoms with E-state index in [0.717, 1.165) is 36.4 Å². The largest absolute Gasteiger partial charge is 0.337 e. The quantitative estimate of drug-likeness (QED) is 0.693. The van der Waals surface area contributed by atoms with Crippen molar-refractivity contribution in [2.45, 2.75) is 32.6 Å². The zero-order chi connectivity index (χ0) is 18.8. The molecular weight excluding hydrogens is 356 g/mol. The summed E-state index contributed by atoms with van der Waals surface area (Å²) in [5, 5.41) is 7.70. The third-order valence-corrected chi connectivity index (χ3v) is 5.96. The Kier molecular flexibility index (Phi) is 5.07. The minimum atomic E-state index is 0.0457. The lowest BCUT2D eigenvalue weighted by atomic mass is 10.0. The van der Waals surface area contributed by atoms with Crippen LogP contribution in [0.15, 0.2) is 35.7 Å². The highest BCUT2D eigenvalue weighted by Gasteiger charge is 2.26. The lowest BCUT2D eigenvalue weighted by Crippen LogP contribution is -2.33. The first kappa shape index (κ1) is 17.9. The number of carbonyl (C=O) groups is 1. The molecule has 6 heteroatoms. The molecule has 0 saturated carbocycles. The molecule has 0 radical (unpaired) electrons. The second-order valence-electron chi connectivity index (χ2n) is 6.93. The minimum absolute atomic E-state index is 0.0457. The van der Waals surface area contributed by atoms with E-state index in [9.17, 15) is 4.79 Å². The smallest absolute Gasteiger partial charge is 0.273 e. The van der Waals surface area contributed by atoms with E-state index < -0.39 is 0 Å². The van der Waals surface area contributed by atoms with Crippen LogP contribution in [-0.2, 0) is 26.3 Å². The topological polar surface area (TPSA) is 51.0 Å². The maximum atomic E-state index is 12.9. The Hall–Kier alpha value is -2.47. The Bertz CT molecular complexity index is 945. The fourth-order valence-electron chi connectivity index (χ4n) is 3.75. The molecule has 0 bridgehead atoms. The first-order valence-corrected chi connectivity index (χ1v) is 10.4. The van der Waals surface area contributed by atoms with Gasteiger partial charge >= 0.3 is 0 Å². The van der Waals surface area contributed by atoms with Crippen LogP contribution in [0.25, 0.3) is 11.3 Å². The summed E-state index contributed by atoms with van der Waals surface area (Å²) in [6.45, 7) is 3.53. The van der Waals surface area contributed by atoms with E-state index in [0.29, 0.717) is 18.8 Å². The summed E-state index contributed by atoms with van der Waals surface area (Å²) in [6, 6.07) is 10.4. The molecule has 0 unspecified atom stereocenters. The van der Waals surface area contributed by atoms with Crippen molar-refractivity contribution >= 4 is 17.2 Å². The van der Waals surface area contributed by atoms with Crippen molar-refractivity contribution in [1.29, 1.82) is 0 Å². The molecule has 2 aromatic heterocycles. The predicted molar refractivity (Wildman–Crippen MR) is 108 cm³/mol. The van der Waals surface area contributed by atoms with Crippen LogP contribution in [0.5, 0.6) is 0 Å². The lowest BCUT2D eigenvalue weighted by Gasteiger charge is -2.19. The molecule has 3 aromatic rings. The molecule has 3 heterocycles. The van der Waals surface area contributed by atoms with Crippen molar-refractivity contribution in [2.75, 3.05) is 13.1 Å². The van der Waals surface area contributed by atoms with Gasteiger partial charge in [0.05, 0.1) is 16.4 Å². The fourth-order valence-corrected chi connectivity index (χ4v) is 4.62. The standard InChI is InChI=1S/C21H24N4OS/c1-3-7-19-22-18(14-27-19)21(26)25-12-10-16-17(11-13-25)23-24(2)20(16)15-8-5-4-6-9-15/h4-6,8-9,14H,3,7,10-13H2,1-2H3. The second-order valence-corrected chi connectivity index (χ2v) is 7.87. The molecule has 5 nitrogen and oxygen atoms in total. The Morgan fingerprint density at radius 2 is 1.96 bits per heavy atom. The zero-order valence-corrected chi connectivity index (χ0v) is 16.6. The Balaban J connectivity index is 1.55. The molecule has 0 N–H and O–H groups in total. The number of fused-ring (bicyclic) bond motifs is 1. The number of hydrogen-bond acceptors (Lipinski definition) is 4. The van der Waals surface area contributed by atoms with Crippen molar-refractivity contribution < 1.29 is 4.79 Å². The third kappa shape index (κ3) is 3.54. The summed E-state index contributed by atoms with van der Waals surface area (Å²) in [5.41, 5.74) is 5.31. The van der Waals surface area contributed by atoms with Gasteiger partial charge < -0.3 is 4.90 Å². The molecule has 140 valence electrons. The van der Waals surface area contributed by atoms with Gasteiger partial charge in [-0.1, -0.05) is 37.3 Å². The van der Waals surface area contributed by atoms with Gasteiger partial charge in [0.15, 0.2) is 0 Å². The van der Waals surface area contributed by atoms with E-state index in [1.54, 1.807) is 11.3 Å². The van der Waals surface area contributed by atoms with Crippen LogP contribution in [0.3, 0.4) is 0 Å². The van der Waals surface area contributed by atoms with E-state index in [1.807, 2.05) is 28.1 Å². The van der Waals surface area contributed by atoms with Gasteiger partial charge in [-0.3, -0.25) is 9.48 Å². The first-order valence-electron chi connectivity index (χ1n) is 9.51. The number of rotatable bonds is 4. The Morgan fingerprint density at radius 1 is 1.19 bits per heavy atom. The number of thiazole rings is 1. The predicted octanol–water partition coefficient (Wildman–Crippen LogP) is 3.74. The number of aryl methyl sites for hydroxylation is 2. The van der Waals surface area contributed by atoms with Crippen molar-refractivity contribution in [1.82, 2.24) is 19.7 Å². The van der Waals surface area contributed by atoms with Crippen LogP contribution in [0.2, 0.25) is 0 Å². The van der Waals surface area contributed by atoms with Crippen LogP contribution in [0, 0.1) is 0 Å².